The van der Waals surface area contributed by atoms with Gasteiger partial charge in [-0.25, -0.2) is 0 Å². The lowest BCUT2D eigenvalue weighted by Crippen LogP contribution is -2.32. The fraction of sp³-hybridized carbons (Fsp3) is 0.368. The van der Waals surface area contributed by atoms with Crippen LogP contribution < -0.4 is 5.73 Å². The van der Waals surface area contributed by atoms with Crippen molar-refractivity contribution in [1.82, 2.24) is 0 Å². The van der Waals surface area contributed by atoms with E-state index in [9.17, 15) is 27.5 Å². The Morgan fingerprint density at radius 3 is 2.41 bits per heavy atom. The molecule has 0 saturated heterocycles. The fourth-order valence-corrected chi connectivity index (χ4v) is 4.59. The van der Waals surface area contributed by atoms with E-state index < -0.39 is 31.0 Å². The second-order valence-electron chi connectivity index (χ2n) is 6.77. The van der Waals surface area contributed by atoms with Gasteiger partial charge in [-0.1, -0.05) is 35.5 Å². The molecule has 2 aromatic rings. The van der Waals surface area contributed by atoms with Gasteiger partial charge in [0, 0.05) is 20.9 Å². The minimum absolute atomic E-state index is 0.434. The van der Waals surface area contributed by atoms with Gasteiger partial charge in [0.15, 0.2) is 0 Å². The van der Waals surface area contributed by atoms with E-state index in [1.807, 2.05) is 0 Å². The zero-order valence-electron chi connectivity index (χ0n) is 15.6. The lowest BCUT2D eigenvalue weighted by atomic mass is 10.0. The summed E-state index contributed by atoms with van der Waals surface area (Å²) in [6, 6.07) is 9.74. The predicted octanol–water partition coefficient (Wildman–Crippen LogP) is 5.73. The molecule has 10 heteroatoms. The number of alkyl halides is 3. The van der Waals surface area contributed by atoms with Gasteiger partial charge >= 0.3 is 13.8 Å². The largest absolute Gasteiger partial charge is 0.416 e. The van der Waals surface area contributed by atoms with Crippen LogP contribution in [-0.2, 0) is 17.2 Å². The fourth-order valence-electron chi connectivity index (χ4n) is 2.69. The molecule has 0 aliphatic heterocycles. The quantitative estimate of drug-likeness (QED) is 0.432. The first kappa shape index (κ1) is 24.3. The lowest BCUT2D eigenvalue weighted by molar-refractivity contribution is -0.137. The van der Waals surface area contributed by atoms with Crippen molar-refractivity contribution in [3.8, 4) is 0 Å². The molecule has 0 aliphatic carbocycles. The summed E-state index contributed by atoms with van der Waals surface area (Å²) in [6.45, 7) is 1.43. The highest BCUT2D eigenvalue weighted by Gasteiger charge is 2.30. The summed E-state index contributed by atoms with van der Waals surface area (Å²) in [7, 11) is -4.21. The van der Waals surface area contributed by atoms with E-state index in [0.717, 1.165) is 17.7 Å². The molecule has 0 saturated carbocycles. The van der Waals surface area contributed by atoms with Gasteiger partial charge in [0.25, 0.3) is 0 Å². The van der Waals surface area contributed by atoms with E-state index in [2.05, 4.69) is 0 Å². The minimum atomic E-state index is -4.39. The second kappa shape index (κ2) is 9.86. The van der Waals surface area contributed by atoms with E-state index in [4.69, 9.17) is 17.3 Å². The molecule has 160 valence electrons. The molecule has 0 spiro atoms. The van der Waals surface area contributed by atoms with Crippen LogP contribution in [-0.4, -0.2) is 21.5 Å². The van der Waals surface area contributed by atoms with Crippen molar-refractivity contribution in [2.45, 2.75) is 53.9 Å². The molecule has 2 unspecified atom stereocenters. The molecule has 0 fully saturated rings. The number of halogens is 4. The summed E-state index contributed by atoms with van der Waals surface area (Å²) in [6.07, 6.45) is -2.78. The molecule has 0 heterocycles. The Bertz CT molecular complexity index is 891. The summed E-state index contributed by atoms with van der Waals surface area (Å²) >= 11 is 7.49. The first-order chi connectivity index (χ1) is 13.4. The summed E-state index contributed by atoms with van der Waals surface area (Å²) in [4.78, 5) is 19.5. The van der Waals surface area contributed by atoms with Crippen LogP contribution in [0.15, 0.2) is 52.3 Å². The normalized spacial score (nSPS) is 14.6. The highest BCUT2D eigenvalue weighted by molar-refractivity contribution is 7.99. The van der Waals surface area contributed by atoms with Gasteiger partial charge in [-0.15, -0.1) is 0 Å². The molecule has 0 bridgehead atoms. The van der Waals surface area contributed by atoms with Gasteiger partial charge in [0.1, 0.15) is 0 Å². The smallest absolute Gasteiger partial charge is 0.327 e. The summed E-state index contributed by atoms with van der Waals surface area (Å²) in [5.74, 6) is 0. The van der Waals surface area contributed by atoms with Crippen molar-refractivity contribution in [2.24, 2.45) is 5.73 Å². The molecule has 0 aromatic heterocycles. The first-order valence-electron chi connectivity index (χ1n) is 8.82. The molecule has 29 heavy (non-hydrogen) atoms. The van der Waals surface area contributed by atoms with Crippen LogP contribution in [0.1, 0.15) is 30.9 Å². The Morgan fingerprint density at radius 2 is 1.83 bits per heavy atom. The SMILES string of the molecule is CC(C(N)CCCc1ccc(Sc2cccc(C(F)(F)F)c2)cc1Cl)P(=O)(O)O. The molecule has 0 radical (unpaired) electrons. The summed E-state index contributed by atoms with van der Waals surface area (Å²) < 4.78 is 49.7. The van der Waals surface area contributed by atoms with Crippen molar-refractivity contribution in [3.63, 3.8) is 0 Å². The average molecular weight is 468 g/mol. The Hall–Kier alpha value is -1.02. The zero-order valence-corrected chi connectivity index (χ0v) is 18.0. The maximum Gasteiger partial charge on any atom is 0.416 e. The Balaban J connectivity index is 1.98. The number of hydrogen-bond donors (Lipinski definition) is 3. The molecule has 2 aromatic carbocycles. The van der Waals surface area contributed by atoms with Crippen molar-refractivity contribution in [1.29, 1.82) is 0 Å². The molecular formula is C19H22ClF3NO3PS. The molecule has 2 rings (SSSR count). The predicted molar refractivity (Wildman–Crippen MR) is 109 cm³/mol. The first-order valence-corrected chi connectivity index (χ1v) is 11.7. The number of nitrogens with two attached hydrogens (primary N) is 1. The monoisotopic (exact) mass is 467 g/mol. The summed E-state index contributed by atoms with van der Waals surface area (Å²) in [5.41, 5.74) is 5.08. The third kappa shape index (κ3) is 7.31. The van der Waals surface area contributed by atoms with Crippen LogP contribution >= 0.6 is 31.0 Å². The van der Waals surface area contributed by atoms with Crippen LogP contribution in [0, 0.1) is 0 Å². The van der Waals surface area contributed by atoms with Gasteiger partial charge in [-0.3, -0.25) is 4.57 Å². The van der Waals surface area contributed by atoms with Gasteiger partial charge < -0.3 is 15.5 Å². The van der Waals surface area contributed by atoms with Crippen LogP contribution in [0.3, 0.4) is 0 Å². The average Bonchev–Trinajstić information content (AvgIpc) is 2.61. The minimum Gasteiger partial charge on any atom is -0.327 e. The Kier molecular flexibility index (Phi) is 8.24. The molecule has 2 atom stereocenters. The molecule has 4 N–H and O–H groups in total. The van der Waals surface area contributed by atoms with E-state index >= 15 is 0 Å². The molecule has 0 aliphatic rings. The van der Waals surface area contributed by atoms with Crippen LogP contribution in [0.4, 0.5) is 13.2 Å². The van der Waals surface area contributed by atoms with Crippen LogP contribution in [0.5, 0.6) is 0 Å². The number of hydrogen-bond acceptors (Lipinski definition) is 3. The number of rotatable bonds is 8. The van der Waals surface area contributed by atoms with Gasteiger partial charge in [-0.05, 0) is 62.1 Å². The van der Waals surface area contributed by atoms with E-state index in [1.165, 1.54) is 24.8 Å². The van der Waals surface area contributed by atoms with E-state index in [1.54, 1.807) is 24.3 Å². The Morgan fingerprint density at radius 1 is 1.17 bits per heavy atom. The van der Waals surface area contributed by atoms with Gasteiger partial charge in [0.2, 0.25) is 0 Å². The van der Waals surface area contributed by atoms with Crippen LogP contribution in [0.2, 0.25) is 5.02 Å². The highest BCUT2D eigenvalue weighted by atomic mass is 35.5. The lowest BCUT2D eigenvalue weighted by Gasteiger charge is -2.20. The third-order valence-corrected chi connectivity index (χ3v) is 7.33. The summed E-state index contributed by atoms with van der Waals surface area (Å²) in [5, 5.41) is 0.485. The topological polar surface area (TPSA) is 83.6 Å². The molecule has 0 amide bonds. The second-order valence-corrected chi connectivity index (χ2v) is 10.3. The van der Waals surface area contributed by atoms with Crippen molar-refractivity contribution in [3.05, 3.63) is 58.6 Å². The van der Waals surface area contributed by atoms with E-state index in [0.29, 0.717) is 34.1 Å². The Labute approximate surface area is 176 Å². The maximum absolute atomic E-state index is 12.8. The van der Waals surface area contributed by atoms with Crippen molar-refractivity contribution < 1.29 is 27.5 Å². The van der Waals surface area contributed by atoms with Gasteiger partial charge in [0.05, 0.1) is 11.2 Å². The van der Waals surface area contributed by atoms with E-state index in [-0.39, 0.29) is 0 Å². The maximum atomic E-state index is 12.8. The number of aryl methyl sites for hydroxylation is 1. The van der Waals surface area contributed by atoms with Crippen molar-refractivity contribution in [2.75, 3.05) is 0 Å². The number of benzene rings is 2. The van der Waals surface area contributed by atoms with Crippen molar-refractivity contribution >= 4 is 31.0 Å². The van der Waals surface area contributed by atoms with Gasteiger partial charge in [-0.2, -0.15) is 13.2 Å². The third-order valence-electron chi connectivity index (χ3n) is 4.56. The standard InChI is InChI=1S/C19H22ClF3NO3PS/c1-12(28(25,26)27)18(24)7-2-4-13-8-9-16(11-17(13)20)29-15-6-3-5-14(10-15)19(21,22)23/h3,5-6,8-12,18H,2,4,7,24H2,1H3,(H2,25,26,27). The molecular weight excluding hydrogens is 446 g/mol. The molecule has 4 nitrogen and oxygen atoms in total. The zero-order chi connectivity index (χ0) is 21.8. The highest BCUT2D eigenvalue weighted by Crippen LogP contribution is 2.43. The van der Waals surface area contributed by atoms with Crippen LogP contribution in [0.25, 0.3) is 0 Å².